The van der Waals surface area contributed by atoms with Crippen LogP contribution in [0.15, 0.2) is 46.6 Å². The molecule has 150 valence electrons. The highest BCUT2D eigenvalue weighted by Crippen LogP contribution is 2.46. The molecule has 1 aromatic heterocycles. The van der Waals surface area contributed by atoms with Crippen LogP contribution in [0.1, 0.15) is 22.3 Å². The molecule has 3 aromatic rings. The van der Waals surface area contributed by atoms with Gasteiger partial charge in [-0.2, -0.15) is 0 Å². The number of Topliss-reactive ketones (excluding diaryl/α,β-unsaturated/α-hetero) is 1. The first-order valence-corrected chi connectivity index (χ1v) is 8.47. The van der Waals surface area contributed by atoms with E-state index >= 15 is 0 Å². The van der Waals surface area contributed by atoms with Gasteiger partial charge in [-0.25, -0.2) is 0 Å². The van der Waals surface area contributed by atoms with E-state index in [1.807, 2.05) is 0 Å². The highest BCUT2D eigenvalue weighted by Gasteiger charge is 2.29. The summed E-state index contributed by atoms with van der Waals surface area (Å²) in [5.41, 5.74) is 0.243. The Morgan fingerprint density at radius 3 is 2.45 bits per heavy atom. The fourth-order valence-electron chi connectivity index (χ4n) is 3.08. The number of benzene rings is 2. The van der Waals surface area contributed by atoms with Crippen molar-refractivity contribution in [2.75, 3.05) is 14.2 Å². The summed E-state index contributed by atoms with van der Waals surface area (Å²) in [5.74, 6) is -2.59. The van der Waals surface area contributed by atoms with Crippen LogP contribution < -0.4 is 9.47 Å². The number of carbonyl (C=O) groups excluding carboxylic acids is 1. The monoisotopic (exact) mass is 398 g/mol. The van der Waals surface area contributed by atoms with Crippen LogP contribution in [0.4, 0.5) is 0 Å². The molecule has 0 atom stereocenters. The highest BCUT2D eigenvalue weighted by atomic mass is 16.5. The Bertz CT molecular complexity index is 1120. The van der Waals surface area contributed by atoms with E-state index in [9.17, 15) is 24.9 Å². The summed E-state index contributed by atoms with van der Waals surface area (Å²) in [6.45, 7) is 0. The third kappa shape index (κ3) is 3.73. The average Bonchev–Trinajstić information content (AvgIpc) is 3.15. The van der Waals surface area contributed by atoms with Crippen LogP contribution in [-0.2, 0) is 4.79 Å². The number of ketones is 1. The molecule has 3 rings (SSSR count). The number of phenols is 2. The van der Waals surface area contributed by atoms with Gasteiger partial charge in [0.2, 0.25) is 5.75 Å². The van der Waals surface area contributed by atoms with E-state index in [0.29, 0.717) is 10.9 Å². The number of carboxylic acids is 1. The van der Waals surface area contributed by atoms with Crippen LogP contribution in [0.25, 0.3) is 17.0 Å². The number of hydrogen-bond acceptors (Lipinski definition) is 7. The van der Waals surface area contributed by atoms with Gasteiger partial charge in [0.1, 0.15) is 17.1 Å². The van der Waals surface area contributed by atoms with Crippen LogP contribution in [-0.4, -0.2) is 41.3 Å². The molecule has 1 heterocycles. The molecule has 8 nitrogen and oxygen atoms in total. The van der Waals surface area contributed by atoms with Crippen molar-refractivity contribution in [2.45, 2.75) is 6.42 Å². The molecule has 0 saturated heterocycles. The van der Waals surface area contributed by atoms with Gasteiger partial charge < -0.3 is 29.2 Å². The molecule has 0 radical (unpaired) electrons. The van der Waals surface area contributed by atoms with Gasteiger partial charge in [0.25, 0.3) is 0 Å². The number of carboxylic acid groups (broad SMARTS) is 1. The van der Waals surface area contributed by atoms with E-state index in [0.717, 1.165) is 0 Å². The molecule has 29 heavy (non-hydrogen) atoms. The summed E-state index contributed by atoms with van der Waals surface area (Å²) in [6.07, 6.45) is 2.08. The molecule has 0 aliphatic rings. The van der Waals surface area contributed by atoms with Gasteiger partial charge in [-0.3, -0.25) is 9.59 Å². The summed E-state index contributed by atoms with van der Waals surface area (Å²) < 4.78 is 15.8. The van der Waals surface area contributed by atoms with Crippen LogP contribution in [0.2, 0.25) is 0 Å². The van der Waals surface area contributed by atoms with E-state index in [4.69, 9.17) is 13.9 Å². The molecular weight excluding hydrogens is 380 g/mol. The molecule has 3 N–H and O–H groups in total. The maximum absolute atomic E-state index is 13.3. The first-order chi connectivity index (χ1) is 13.9. The Hall–Kier alpha value is -3.94. The van der Waals surface area contributed by atoms with Gasteiger partial charge in [-0.15, -0.1) is 0 Å². The number of aliphatic carboxylic acids is 1. The lowest BCUT2D eigenvalue weighted by molar-refractivity contribution is -0.136. The van der Waals surface area contributed by atoms with Crippen LogP contribution >= 0.6 is 0 Å². The van der Waals surface area contributed by atoms with Gasteiger partial charge in [0.15, 0.2) is 17.1 Å². The van der Waals surface area contributed by atoms with Crippen molar-refractivity contribution in [3.8, 4) is 23.0 Å². The molecule has 0 aliphatic carbocycles. The van der Waals surface area contributed by atoms with Gasteiger partial charge in [-0.1, -0.05) is 12.1 Å². The SMILES string of the molecule is COc1c(C(=O)/C(=C/c2cccc(O)c2)CC(=O)O)c(O)c(OC)c2occc12. The zero-order chi connectivity index (χ0) is 21.1. The number of carbonyl (C=O) groups is 2. The van der Waals surface area contributed by atoms with Crippen molar-refractivity contribution >= 4 is 28.8 Å². The molecule has 0 fully saturated rings. The van der Waals surface area contributed by atoms with Gasteiger partial charge in [0, 0.05) is 5.57 Å². The molecule has 0 amide bonds. The zero-order valence-electron chi connectivity index (χ0n) is 15.6. The topological polar surface area (TPSA) is 126 Å². The second-order valence-corrected chi connectivity index (χ2v) is 6.12. The summed E-state index contributed by atoms with van der Waals surface area (Å²) in [7, 11) is 2.62. The molecule has 8 heteroatoms. The van der Waals surface area contributed by atoms with Gasteiger partial charge in [-0.05, 0) is 29.8 Å². The fraction of sp³-hybridized carbons (Fsp3) is 0.143. The van der Waals surface area contributed by atoms with E-state index in [2.05, 4.69) is 0 Å². The van der Waals surface area contributed by atoms with Crippen molar-refractivity contribution in [3.05, 3.63) is 53.3 Å². The number of rotatable bonds is 7. The minimum atomic E-state index is -1.24. The third-order valence-electron chi connectivity index (χ3n) is 4.27. The summed E-state index contributed by atoms with van der Waals surface area (Å²) in [4.78, 5) is 24.6. The normalized spacial score (nSPS) is 11.4. The quantitative estimate of drug-likeness (QED) is 0.407. The average molecular weight is 398 g/mol. The number of hydrogen-bond donors (Lipinski definition) is 3. The number of aromatic hydroxyl groups is 2. The molecule has 0 unspecified atom stereocenters. The largest absolute Gasteiger partial charge is 0.508 e. The smallest absolute Gasteiger partial charge is 0.307 e. The number of ether oxygens (including phenoxy) is 2. The maximum Gasteiger partial charge on any atom is 0.307 e. The predicted octanol–water partition coefficient (Wildman–Crippen LogP) is 3.60. The minimum absolute atomic E-state index is 0.0317. The van der Waals surface area contributed by atoms with Crippen molar-refractivity contribution in [3.63, 3.8) is 0 Å². The summed E-state index contributed by atoms with van der Waals surface area (Å²) in [6, 6.07) is 7.53. The minimum Gasteiger partial charge on any atom is -0.508 e. The second kappa shape index (κ2) is 7.97. The number of phenolic OH excluding ortho intramolecular Hbond substituents is 2. The van der Waals surface area contributed by atoms with Crippen LogP contribution in [0.5, 0.6) is 23.0 Å². The van der Waals surface area contributed by atoms with Crippen molar-refractivity contribution in [1.29, 1.82) is 0 Å². The lowest BCUT2D eigenvalue weighted by Crippen LogP contribution is -2.11. The first kappa shape index (κ1) is 19.8. The molecule has 2 aromatic carbocycles. The Morgan fingerprint density at radius 1 is 1.10 bits per heavy atom. The van der Waals surface area contributed by atoms with Crippen molar-refractivity contribution < 1.29 is 38.8 Å². The van der Waals surface area contributed by atoms with Gasteiger partial charge in [0.05, 0.1) is 32.3 Å². The molecule has 0 spiro atoms. The van der Waals surface area contributed by atoms with E-state index < -0.39 is 23.9 Å². The Morgan fingerprint density at radius 2 is 1.83 bits per heavy atom. The number of furan rings is 1. The second-order valence-electron chi connectivity index (χ2n) is 6.12. The number of fused-ring (bicyclic) bond motifs is 1. The predicted molar refractivity (Wildman–Crippen MR) is 104 cm³/mol. The van der Waals surface area contributed by atoms with Crippen LogP contribution in [0, 0.1) is 0 Å². The van der Waals surface area contributed by atoms with Gasteiger partial charge >= 0.3 is 5.97 Å². The number of methoxy groups -OCH3 is 2. The third-order valence-corrected chi connectivity index (χ3v) is 4.27. The molecule has 0 bridgehead atoms. The summed E-state index contributed by atoms with van der Waals surface area (Å²) >= 11 is 0. The fourth-order valence-corrected chi connectivity index (χ4v) is 3.08. The molecule has 0 saturated carbocycles. The van der Waals surface area contributed by atoms with E-state index in [1.165, 1.54) is 38.7 Å². The Kier molecular flexibility index (Phi) is 5.45. The lowest BCUT2D eigenvalue weighted by Gasteiger charge is -2.15. The Balaban J connectivity index is 2.24. The summed E-state index contributed by atoms with van der Waals surface area (Å²) in [5, 5.41) is 30.0. The molecular formula is C21H18O8. The van der Waals surface area contributed by atoms with Crippen molar-refractivity contribution in [1.82, 2.24) is 0 Å². The highest BCUT2D eigenvalue weighted by molar-refractivity contribution is 6.19. The maximum atomic E-state index is 13.3. The molecule has 0 aliphatic heterocycles. The standard InChI is InChI=1S/C21H18O8/c1-27-19-14-6-7-29-20(14)21(28-2)18(26)16(19)17(25)12(10-15(23)24)8-11-4-3-5-13(22)9-11/h3-9,22,26H,10H2,1-2H3,(H,23,24)/b12-8+. The van der Waals surface area contributed by atoms with Crippen LogP contribution in [0.3, 0.4) is 0 Å². The lowest BCUT2D eigenvalue weighted by atomic mass is 9.95. The zero-order valence-corrected chi connectivity index (χ0v) is 15.6. The first-order valence-electron chi connectivity index (χ1n) is 8.47. The van der Waals surface area contributed by atoms with Crippen molar-refractivity contribution in [2.24, 2.45) is 0 Å². The van der Waals surface area contributed by atoms with E-state index in [-0.39, 0.29) is 34.0 Å². The Labute approximate surface area is 165 Å². The van der Waals surface area contributed by atoms with E-state index in [1.54, 1.807) is 18.2 Å².